The molecule has 0 radical (unpaired) electrons. The molecule has 1 aromatic heterocycles. The molecular formula is C16H18F2N4O2. The Kier molecular flexibility index (Phi) is 4.84. The van der Waals surface area contributed by atoms with Crippen LogP contribution in [0.1, 0.15) is 35.1 Å². The third kappa shape index (κ3) is 3.43. The fourth-order valence-corrected chi connectivity index (χ4v) is 3.01. The largest absolute Gasteiger partial charge is 0.377 e. The van der Waals surface area contributed by atoms with Crippen molar-refractivity contribution in [1.82, 2.24) is 19.7 Å². The average Bonchev–Trinajstić information content (AvgIpc) is 3.02. The molecule has 8 heteroatoms. The lowest BCUT2D eigenvalue weighted by Gasteiger charge is -2.33. The highest BCUT2D eigenvalue weighted by Gasteiger charge is 2.26. The van der Waals surface area contributed by atoms with Crippen LogP contribution in [-0.4, -0.2) is 45.8 Å². The number of hydrogen-bond donors (Lipinski definition) is 0. The Bertz CT molecular complexity index is 706. The van der Waals surface area contributed by atoms with Crippen LogP contribution >= 0.6 is 0 Å². The summed E-state index contributed by atoms with van der Waals surface area (Å²) in [5.41, 5.74) is 0.0373. The Hall–Kier alpha value is -2.35. The molecule has 0 atom stereocenters. The topological polar surface area (TPSA) is 60.3 Å². The van der Waals surface area contributed by atoms with Gasteiger partial charge < -0.3 is 14.2 Å². The first kappa shape index (κ1) is 16.5. The second-order valence-electron chi connectivity index (χ2n) is 5.77. The fourth-order valence-electron chi connectivity index (χ4n) is 3.01. The molecule has 1 amide bonds. The molecule has 2 aromatic rings. The van der Waals surface area contributed by atoms with Crippen molar-refractivity contribution >= 4 is 5.91 Å². The SMILES string of the molecule is COCc1nncn1C1CCN(C(=O)c2cc(F)cc(F)c2)CC1. The number of aromatic nitrogens is 3. The number of rotatable bonds is 4. The second kappa shape index (κ2) is 7.04. The lowest BCUT2D eigenvalue weighted by molar-refractivity contribution is 0.0689. The highest BCUT2D eigenvalue weighted by Crippen LogP contribution is 2.25. The number of likely N-dealkylation sites (tertiary alicyclic amines) is 1. The van der Waals surface area contributed by atoms with Gasteiger partial charge in [-0.05, 0) is 25.0 Å². The van der Waals surface area contributed by atoms with E-state index < -0.39 is 11.6 Å². The van der Waals surface area contributed by atoms with Crippen molar-refractivity contribution < 1.29 is 18.3 Å². The van der Waals surface area contributed by atoms with Crippen LogP contribution in [-0.2, 0) is 11.3 Å². The van der Waals surface area contributed by atoms with Crippen LogP contribution < -0.4 is 0 Å². The first-order chi connectivity index (χ1) is 11.6. The quantitative estimate of drug-likeness (QED) is 0.859. The monoisotopic (exact) mass is 336 g/mol. The van der Waals surface area contributed by atoms with Gasteiger partial charge in [0, 0.05) is 37.9 Å². The van der Waals surface area contributed by atoms with E-state index in [9.17, 15) is 13.6 Å². The van der Waals surface area contributed by atoms with Crippen molar-refractivity contribution in [3.05, 3.63) is 47.5 Å². The average molecular weight is 336 g/mol. The van der Waals surface area contributed by atoms with Crippen molar-refractivity contribution in [3.63, 3.8) is 0 Å². The number of hydrogen-bond acceptors (Lipinski definition) is 4. The number of carbonyl (C=O) groups is 1. The van der Waals surface area contributed by atoms with Gasteiger partial charge in [0.2, 0.25) is 0 Å². The second-order valence-corrected chi connectivity index (χ2v) is 5.77. The first-order valence-corrected chi connectivity index (χ1v) is 7.71. The third-order valence-electron chi connectivity index (χ3n) is 4.18. The van der Waals surface area contributed by atoms with Crippen LogP contribution in [0.15, 0.2) is 24.5 Å². The predicted octanol–water partition coefficient (Wildman–Crippen LogP) is 2.18. The van der Waals surface area contributed by atoms with Gasteiger partial charge in [-0.15, -0.1) is 10.2 Å². The molecule has 1 aromatic carbocycles. The van der Waals surface area contributed by atoms with Gasteiger partial charge in [-0.25, -0.2) is 8.78 Å². The van der Waals surface area contributed by atoms with Crippen LogP contribution in [0.5, 0.6) is 0 Å². The van der Waals surface area contributed by atoms with E-state index in [0.29, 0.717) is 19.7 Å². The number of piperidine rings is 1. The van der Waals surface area contributed by atoms with Crippen molar-refractivity contribution in [2.75, 3.05) is 20.2 Å². The molecule has 0 spiro atoms. The Balaban J connectivity index is 1.66. The molecule has 0 unspecified atom stereocenters. The van der Waals surface area contributed by atoms with E-state index in [1.807, 2.05) is 4.57 Å². The lowest BCUT2D eigenvalue weighted by atomic mass is 10.0. The lowest BCUT2D eigenvalue weighted by Crippen LogP contribution is -2.39. The molecular weight excluding hydrogens is 318 g/mol. The molecule has 1 aliphatic heterocycles. The molecule has 3 rings (SSSR count). The van der Waals surface area contributed by atoms with Crippen LogP contribution in [0.4, 0.5) is 8.78 Å². The number of benzene rings is 1. The summed E-state index contributed by atoms with van der Waals surface area (Å²) in [5.74, 6) is -1.11. The standard InChI is InChI=1S/C16H18F2N4O2/c1-24-9-15-20-19-10-22(15)14-2-4-21(5-3-14)16(23)11-6-12(17)8-13(18)7-11/h6-8,10,14H,2-5,9H2,1H3. The summed E-state index contributed by atoms with van der Waals surface area (Å²) in [4.78, 5) is 14.0. The zero-order chi connectivity index (χ0) is 17.1. The predicted molar refractivity (Wildman–Crippen MR) is 81.3 cm³/mol. The van der Waals surface area contributed by atoms with Gasteiger partial charge in [-0.2, -0.15) is 0 Å². The van der Waals surface area contributed by atoms with Gasteiger partial charge >= 0.3 is 0 Å². The van der Waals surface area contributed by atoms with Gasteiger partial charge in [-0.3, -0.25) is 4.79 Å². The van der Waals surface area contributed by atoms with Gasteiger partial charge in [0.15, 0.2) is 5.82 Å². The summed E-state index contributed by atoms with van der Waals surface area (Å²) in [7, 11) is 1.60. The molecule has 6 nitrogen and oxygen atoms in total. The van der Waals surface area contributed by atoms with E-state index in [0.717, 1.165) is 36.9 Å². The Morgan fingerprint density at radius 1 is 1.25 bits per heavy atom. The Morgan fingerprint density at radius 3 is 2.54 bits per heavy atom. The molecule has 0 aliphatic carbocycles. The summed E-state index contributed by atoms with van der Waals surface area (Å²) >= 11 is 0. The van der Waals surface area contributed by atoms with E-state index in [-0.39, 0.29) is 17.5 Å². The maximum Gasteiger partial charge on any atom is 0.254 e. The zero-order valence-corrected chi connectivity index (χ0v) is 13.3. The fraction of sp³-hybridized carbons (Fsp3) is 0.438. The molecule has 1 aliphatic rings. The number of methoxy groups -OCH3 is 1. The molecule has 0 saturated carbocycles. The minimum atomic E-state index is -0.748. The highest BCUT2D eigenvalue weighted by molar-refractivity contribution is 5.94. The van der Waals surface area contributed by atoms with Gasteiger partial charge in [0.1, 0.15) is 24.6 Å². The van der Waals surface area contributed by atoms with Crippen LogP contribution in [0.25, 0.3) is 0 Å². The summed E-state index contributed by atoms with van der Waals surface area (Å²) in [5, 5.41) is 7.93. The van der Waals surface area contributed by atoms with E-state index in [4.69, 9.17) is 4.74 Å². The number of ether oxygens (including phenoxy) is 1. The number of amides is 1. The number of nitrogens with zero attached hydrogens (tertiary/aromatic N) is 4. The molecule has 0 bridgehead atoms. The summed E-state index contributed by atoms with van der Waals surface area (Å²) in [6.07, 6.45) is 3.11. The molecule has 0 N–H and O–H groups in total. The number of carbonyl (C=O) groups excluding carboxylic acids is 1. The maximum absolute atomic E-state index is 13.3. The minimum absolute atomic E-state index is 0.0373. The Morgan fingerprint density at radius 2 is 1.92 bits per heavy atom. The van der Waals surface area contributed by atoms with E-state index >= 15 is 0 Å². The summed E-state index contributed by atoms with van der Waals surface area (Å²) < 4.78 is 33.6. The summed E-state index contributed by atoms with van der Waals surface area (Å²) in [6, 6.07) is 3.06. The molecule has 1 saturated heterocycles. The van der Waals surface area contributed by atoms with E-state index in [1.54, 1.807) is 18.3 Å². The van der Waals surface area contributed by atoms with Crippen LogP contribution in [0.3, 0.4) is 0 Å². The Labute approximate surface area is 138 Å². The van der Waals surface area contributed by atoms with Crippen molar-refractivity contribution in [1.29, 1.82) is 0 Å². The normalized spacial score (nSPS) is 15.7. The highest BCUT2D eigenvalue weighted by atomic mass is 19.1. The molecule has 24 heavy (non-hydrogen) atoms. The molecule has 2 heterocycles. The van der Waals surface area contributed by atoms with Crippen molar-refractivity contribution in [2.24, 2.45) is 0 Å². The third-order valence-corrected chi connectivity index (χ3v) is 4.18. The van der Waals surface area contributed by atoms with Crippen LogP contribution in [0, 0.1) is 11.6 Å². The smallest absolute Gasteiger partial charge is 0.254 e. The van der Waals surface area contributed by atoms with Crippen molar-refractivity contribution in [2.45, 2.75) is 25.5 Å². The van der Waals surface area contributed by atoms with E-state index in [2.05, 4.69) is 10.2 Å². The zero-order valence-electron chi connectivity index (χ0n) is 13.3. The summed E-state index contributed by atoms with van der Waals surface area (Å²) in [6.45, 7) is 1.39. The van der Waals surface area contributed by atoms with Gasteiger partial charge in [0.05, 0.1) is 0 Å². The van der Waals surface area contributed by atoms with Gasteiger partial charge in [0.25, 0.3) is 5.91 Å². The first-order valence-electron chi connectivity index (χ1n) is 7.71. The molecule has 128 valence electrons. The van der Waals surface area contributed by atoms with Gasteiger partial charge in [-0.1, -0.05) is 0 Å². The van der Waals surface area contributed by atoms with E-state index in [1.165, 1.54) is 0 Å². The molecule has 1 fully saturated rings. The van der Waals surface area contributed by atoms with Crippen molar-refractivity contribution in [3.8, 4) is 0 Å². The van der Waals surface area contributed by atoms with Crippen LogP contribution in [0.2, 0.25) is 0 Å². The number of halogens is 2. The maximum atomic E-state index is 13.3. The minimum Gasteiger partial charge on any atom is -0.377 e.